The molecule has 0 saturated carbocycles. The summed E-state index contributed by atoms with van der Waals surface area (Å²) in [4.78, 5) is 13.5. The zero-order chi connectivity index (χ0) is 13.4. The molecule has 1 aliphatic rings. The molecule has 0 bridgehead atoms. The van der Waals surface area contributed by atoms with Crippen LogP contribution in [-0.4, -0.2) is 43.3 Å². The van der Waals surface area contributed by atoms with Crippen LogP contribution in [0.2, 0.25) is 0 Å². The number of amides is 1. The lowest BCUT2D eigenvalue weighted by Gasteiger charge is -2.36. The summed E-state index contributed by atoms with van der Waals surface area (Å²) in [5.74, 6) is 0.559. The summed E-state index contributed by atoms with van der Waals surface area (Å²) in [6.45, 7) is 6.48. The quantitative estimate of drug-likeness (QED) is 0.758. The average molecular weight is 253 g/mol. The van der Waals surface area contributed by atoms with Crippen LogP contribution in [0.25, 0.3) is 0 Å². The first-order valence-electron chi connectivity index (χ1n) is 6.72. The molecule has 0 aliphatic carbocycles. The smallest absolute Gasteiger partial charge is 0.407 e. The maximum atomic E-state index is 11.4. The Hall–Kier alpha value is -1.28. The van der Waals surface area contributed by atoms with Crippen LogP contribution in [0.5, 0.6) is 0 Å². The number of likely N-dealkylation sites (tertiary alicyclic amines) is 1. The Morgan fingerprint density at radius 2 is 2.28 bits per heavy atom. The first kappa shape index (κ1) is 14.8. The Balaban J connectivity index is 2.50. The molecule has 0 aromatic carbocycles. The number of nitrogens with one attached hydrogen (secondary N) is 1. The summed E-state index contributed by atoms with van der Waals surface area (Å²) >= 11 is 0. The summed E-state index contributed by atoms with van der Waals surface area (Å²) < 4.78 is 4.90. The molecule has 0 spiro atoms. The van der Waals surface area contributed by atoms with Crippen LogP contribution in [-0.2, 0) is 4.74 Å². The van der Waals surface area contributed by atoms with E-state index in [0.29, 0.717) is 19.1 Å². The molecule has 1 N–H and O–H groups in total. The molecule has 5 nitrogen and oxygen atoms in total. The predicted molar refractivity (Wildman–Crippen MR) is 69.0 cm³/mol. The fourth-order valence-electron chi connectivity index (χ4n) is 2.59. The van der Waals surface area contributed by atoms with Crippen molar-refractivity contribution >= 4 is 6.09 Å². The molecular weight excluding hydrogens is 230 g/mol. The van der Waals surface area contributed by atoms with Gasteiger partial charge in [-0.05, 0) is 25.7 Å². The highest BCUT2D eigenvalue weighted by Gasteiger charge is 2.27. The molecule has 1 amide bonds. The van der Waals surface area contributed by atoms with Gasteiger partial charge in [-0.2, -0.15) is 5.26 Å². The predicted octanol–water partition coefficient (Wildman–Crippen LogP) is 1.75. The van der Waals surface area contributed by atoms with E-state index in [1.807, 2.05) is 0 Å². The van der Waals surface area contributed by atoms with E-state index in [4.69, 9.17) is 10.00 Å². The summed E-state index contributed by atoms with van der Waals surface area (Å²) in [7, 11) is 0. The minimum absolute atomic E-state index is 0.0997. The summed E-state index contributed by atoms with van der Waals surface area (Å²) in [6.07, 6.45) is 2.91. The molecule has 18 heavy (non-hydrogen) atoms. The number of alkyl carbamates (subject to hydrolysis) is 1. The van der Waals surface area contributed by atoms with Crippen LogP contribution in [0, 0.1) is 17.2 Å². The van der Waals surface area contributed by atoms with Gasteiger partial charge in [0.2, 0.25) is 0 Å². The Labute approximate surface area is 109 Å². The standard InChI is InChI=1S/C13H23N3O2/c1-3-5-11-8-12(15-13(17)18-4-2)10-16(9-11)7-6-14/h11-12H,3-5,7-10H2,1-2H3,(H,15,17). The Kier molecular flexibility index (Phi) is 6.51. The highest BCUT2D eigenvalue weighted by atomic mass is 16.5. The zero-order valence-electron chi connectivity index (χ0n) is 11.3. The van der Waals surface area contributed by atoms with Crippen molar-refractivity contribution in [1.29, 1.82) is 5.26 Å². The zero-order valence-corrected chi connectivity index (χ0v) is 11.3. The second-order valence-corrected chi connectivity index (χ2v) is 4.80. The van der Waals surface area contributed by atoms with Gasteiger partial charge < -0.3 is 10.1 Å². The summed E-state index contributed by atoms with van der Waals surface area (Å²) in [6, 6.07) is 2.28. The number of hydrogen-bond donors (Lipinski definition) is 1. The van der Waals surface area contributed by atoms with Crippen LogP contribution in [0.15, 0.2) is 0 Å². The Morgan fingerprint density at radius 3 is 2.89 bits per heavy atom. The third kappa shape index (κ3) is 4.92. The van der Waals surface area contributed by atoms with Gasteiger partial charge in [-0.1, -0.05) is 13.3 Å². The van der Waals surface area contributed by atoms with Crippen molar-refractivity contribution in [2.45, 2.75) is 39.2 Å². The van der Waals surface area contributed by atoms with E-state index in [9.17, 15) is 4.79 Å². The molecule has 0 aromatic rings. The van der Waals surface area contributed by atoms with Crippen molar-refractivity contribution in [3.8, 4) is 6.07 Å². The van der Waals surface area contributed by atoms with E-state index in [1.54, 1.807) is 6.92 Å². The first-order chi connectivity index (χ1) is 8.69. The van der Waals surface area contributed by atoms with Crippen LogP contribution in [0.1, 0.15) is 33.1 Å². The fourth-order valence-corrected chi connectivity index (χ4v) is 2.59. The number of hydrogen-bond acceptors (Lipinski definition) is 4. The second kappa shape index (κ2) is 7.93. The van der Waals surface area contributed by atoms with Crippen molar-refractivity contribution < 1.29 is 9.53 Å². The van der Waals surface area contributed by atoms with Gasteiger partial charge in [0.25, 0.3) is 0 Å². The van der Waals surface area contributed by atoms with Crippen LogP contribution in [0.4, 0.5) is 4.79 Å². The summed E-state index contributed by atoms with van der Waals surface area (Å²) in [5, 5.41) is 11.7. The van der Waals surface area contributed by atoms with E-state index in [-0.39, 0.29) is 12.1 Å². The maximum absolute atomic E-state index is 11.4. The molecule has 2 atom stereocenters. The van der Waals surface area contributed by atoms with Gasteiger partial charge in [-0.15, -0.1) is 0 Å². The molecule has 1 aliphatic heterocycles. The highest BCUT2D eigenvalue weighted by molar-refractivity contribution is 5.67. The molecular formula is C13H23N3O2. The monoisotopic (exact) mass is 253 g/mol. The molecule has 0 radical (unpaired) electrons. The van der Waals surface area contributed by atoms with E-state index < -0.39 is 0 Å². The van der Waals surface area contributed by atoms with Crippen LogP contribution in [0.3, 0.4) is 0 Å². The van der Waals surface area contributed by atoms with Crippen molar-refractivity contribution in [2.75, 3.05) is 26.2 Å². The molecule has 102 valence electrons. The van der Waals surface area contributed by atoms with Crippen molar-refractivity contribution in [3.05, 3.63) is 0 Å². The van der Waals surface area contributed by atoms with Crippen LogP contribution < -0.4 is 5.32 Å². The summed E-state index contributed by atoms with van der Waals surface area (Å²) in [5.41, 5.74) is 0. The van der Waals surface area contributed by atoms with Gasteiger partial charge in [0, 0.05) is 19.1 Å². The number of nitrogens with zero attached hydrogens (tertiary/aromatic N) is 2. The number of carbonyl (C=O) groups excluding carboxylic acids is 1. The first-order valence-corrected chi connectivity index (χ1v) is 6.72. The lowest BCUT2D eigenvalue weighted by atomic mass is 9.90. The molecule has 1 heterocycles. The molecule has 1 fully saturated rings. The lowest BCUT2D eigenvalue weighted by Crippen LogP contribution is -2.51. The van der Waals surface area contributed by atoms with E-state index in [2.05, 4.69) is 23.2 Å². The highest BCUT2D eigenvalue weighted by Crippen LogP contribution is 2.21. The Morgan fingerprint density at radius 1 is 1.50 bits per heavy atom. The van der Waals surface area contributed by atoms with Gasteiger partial charge >= 0.3 is 6.09 Å². The number of piperidine rings is 1. The fraction of sp³-hybridized carbons (Fsp3) is 0.846. The van der Waals surface area contributed by atoms with Gasteiger partial charge in [-0.3, -0.25) is 4.90 Å². The number of nitriles is 1. The minimum Gasteiger partial charge on any atom is -0.450 e. The number of ether oxygens (including phenoxy) is 1. The lowest BCUT2D eigenvalue weighted by molar-refractivity contribution is 0.120. The van der Waals surface area contributed by atoms with Gasteiger partial charge in [0.15, 0.2) is 0 Å². The van der Waals surface area contributed by atoms with E-state index in [0.717, 1.165) is 32.4 Å². The SMILES string of the molecule is CCCC1CC(NC(=O)OCC)CN(CC#N)C1. The molecule has 0 aromatic heterocycles. The normalized spacial score (nSPS) is 24.3. The second-order valence-electron chi connectivity index (χ2n) is 4.80. The molecule has 5 heteroatoms. The molecule has 1 saturated heterocycles. The van der Waals surface area contributed by atoms with Gasteiger partial charge in [-0.25, -0.2) is 4.79 Å². The van der Waals surface area contributed by atoms with Crippen molar-refractivity contribution in [3.63, 3.8) is 0 Å². The molecule has 2 unspecified atom stereocenters. The topological polar surface area (TPSA) is 65.4 Å². The molecule has 1 rings (SSSR count). The third-order valence-corrected chi connectivity index (χ3v) is 3.20. The van der Waals surface area contributed by atoms with Crippen molar-refractivity contribution in [2.24, 2.45) is 5.92 Å². The van der Waals surface area contributed by atoms with Gasteiger partial charge in [0.1, 0.15) is 0 Å². The van der Waals surface area contributed by atoms with E-state index in [1.165, 1.54) is 0 Å². The van der Waals surface area contributed by atoms with E-state index >= 15 is 0 Å². The number of carbonyl (C=O) groups is 1. The third-order valence-electron chi connectivity index (χ3n) is 3.20. The van der Waals surface area contributed by atoms with Crippen LogP contribution >= 0.6 is 0 Å². The number of rotatable bonds is 5. The van der Waals surface area contributed by atoms with Gasteiger partial charge in [0.05, 0.1) is 19.2 Å². The minimum atomic E-state index is -0.350. The Bertz CT molecular complexity index is 301. The largest absolute Gasteiger partial charge is 0.450 e. The average Bonchev–Trinajstić information content (AvgIpc) is 2.29. The maximum Gasteiger partial charge on any atom is 0.407 e. The van der Waals surface area contributed by atoms with Crippen molar-refractivity contribution in [1.82, 2.24) is 10.2 Å².